The van der Waals surface area contributed by atoms with Gasteiger partial charge >= 0.3 is 300 Å². The summed E-state index contributed by atoms with van der Waals surface area (Å²) >= 11 is -5.90. The van der Waals surface area contributed by atoms with Gasteiger partial charge in [-0.25, -0.2) is 0 Å². The Balaban J connectivity index is 8.10. The van der Waals surface area contributed by atoms with Crippen molar-refractivity contribution in [3.63, 3.8) is 0 Å². The van der Waals surface area contributed by atoms with E-state index in [2.05, 4.69) is 0 Å². The predicted octanol–water partition coefficient (Wildman–Crippen LogP) is 9.50. The molecule has 16 nitrogen and oxygen atoms in total. The van der Waals surface area contributed by atoms with Gasteiger partial charge < -0.3 is 0 Å². The average Bonchev–Trinajstić information content (AvgIpc) is 3.04. The third kappa shape index (κ3) is 15.0. The Bertz CT molecular complexity index is 880. The second-order valence-corrected chi connectivity index (χ2v) is 22.7. The molecule has 0 radical (unpaired) electrons. The third-order valence-electron chi connectivity index (χ3n) is 6.40. The van der Waals surface area contributed by atoms with Gasteiger partial charge in [-0.05, 0) is 0 Å². The van der Waals surface area contributed by atoms with E-state index in [9.17, 15) is 18.3 Å². The van der Waals surface area contributed by atoms with Gasteiger partial charge in [-0.2, -0.15) is 0 Å². The fourth-order valence-corrected chi connectivity index (χ4v) is 22.2. The summed E-state index contributed by atoms with van der Waals surface area (Å²) in [6.07, 6.45) is 0.121. The fraction of sp³-hybridized carbons (Fsp3) is 1.00. The summed E-state index contributed by atoms with van der Waals surface area (Å²) in [7, 11) is -16.4. The van der Waals surface area contributed by atoms with Crippen molar-refractivity contribution < 1.29 is 69.5 Å². The van der Waals surface area contributed by atoms with Gasteiger partial charge in [0.05, 0.1) is 0 Å². The van der Waals surface area contributed by atoms with Crippen molar-refractivity contribution in [3.8, 4) is 0 Å². The molecule has 4 unspecified atom stereocenters. The zero-order chi connectivity index (χ0) is 37.8. The molecule has 0 N–H and O–H groups in total. The van der Waals surface area contributed by atoms with Crippen molar-refractivity contribution in [1.82, 2.24) is 0 Å². The summed E-state index contributed by atoms with van der Waals surface area (Å²) in [5, 5.41) is 0. The van der Waals surface area contributed by atoms with Crippen LogP contribution in [-0.4, -0.2) is 90.8 Å². The molecule has 0 fully saturated rings. The first-order valence-electron chi connectivity index (χ1n) is 17.4. The van der Waals surface area contributed by atoms with E-state index in [1.54, 1.807) is 83.1 Å². The molecule has 21 heteroatoms. The van der Waals surface area contributed by atoms with Crippen LogP contribution >= 0.6 is 30.4 Å². The predicted molar refractivity (Wildman–Crippen MR) is 190 cm³/mol. The van der Waals surface area contributed by atoms with Crippen molar-refractivity contribution >= 4 is 45.0 Å². The number of hydrogen-bond acceptors (Lipinski definition) is 16. The van der Waals surface area contributed by atoms with Crippen molar-refractivity contribution in [2.24, 2.45) is 0 Å². The zero-order valence-electron chi connectivity index (χ0n) is 31.6. The minimum absolute atomic E-state index is 0.00408. The Morgan fingerprint density at radius 2 is 0.469 bits per heavy atom. The van der Waals surface area contributed by atoms with Gasteiger partial charge in [0.2, 0.25) is 0 Å². The first-order chi connectivity index (χ1) is 23.1. The summed E-state index contributed by atoms with van der Waals surface area (Å²) in [5.41, 5.74) is 0. The molecule has 0 amide bonds. The molecule has 0 rings (SSSR count). The SMILES string of the molecule is CCOP(=O)(OCC)C(CC)[O][Ge]([O]C(CC)P(=O)(OCC)OCC)([O]C(CC)P(=O)(OCC)OCC)[O]C(CC)P(=O)(OCC)OCC. The molecule has 0 aliphatic heterocycles. The van der Waals surface area contributed by atoms with Gasteiger partial charge in [-0.3, -0.25) is 0 Å². The van der Waals surface area contributed by atoms with E-state index < -0.39 is 68.4 Å². The Hall–Kier alpha value is 0.983. The molecule has 0 aromatic carbocycles. The van der Waals surface area contributed by atoms with E-state index in [1.165, 1.54) is 0 Å². The summed E-state index contributed by atoms with van der Waals surface area (Å²) in [6.45, 7) is 19.9. The van der Waals surface area contributed by atoms with Crippen molar-refractivity contribution in [3.05, 3.63) is 0 Å². The van der Waals surface area contributed by atoms with E-state index in [-0.39, 0.29) is 78.5 Å². The molecule has 4 atom stereocenters. The van der Waals surface area contributed by atoms with Crippen LogP contribution in [0.3, 0.4) is 0 Å². The Morgan fingerprint density at radius 3 is 0.571 bits per heavy atom. The molecular formula is C28H64GeO16P4. The maximum atomic E-state index is 14.3. The van der Waals surface area contributed by atoms with Crippen LogP contribution in [-0.2, 0) is 69.5 Å². The first-order valence-corrected chi connectivity index (χ1v) is 27.3. The van der Waals surface area contributed by atoms with Gasteiger partial charge in [0.1, 0.15) is 0 Å². The Labute approximate surface area is 298 Å². The molecule has 296 valence electrons. The quantitative estimate of drug-likeness (QED) is 0.0461. The van der Waals surface area contributed by atoms with E-state index >= 15 is 0 Å². The number of rotatable bonds is 32. The van der Waals surface area contributed by atoms with Gasteiger partial charge in [-0.1, -0.05) is 0 Å². The van der Waals surface area contributed by atoms with Crippen LogP contribution in [0, 0.1) is 0 Å². The van der Waals surface area contributed by atoms with Gasteiger partial charge in [0, 0.05) is 0 Å². The molecule has 0 spiro atoms. The third-order valence-corrected chi connectivity index (χ3v) is 22.5. The van der Waals surface area contributed by atoms with Gasteiger partial charge in [-0.15, -0.1) is 0 Å². The van der Waals surface area contributed by atoms with E-state index in [1.807, 2.05) is 0 Å². The zero-order valence-corrected chi connectivity index (χ0v) is 37.3. The van der Waals surface area contributed by atoms with E-state index in [4.69, 9.17) is 51.2 Å². The topological polar surface area (TPSA) is 179 Å². The summed E-state index contributed by atoms with van der Waals surface area (Å²) in [6, 6.07) is 0. The van der Waals surface area contributed by atoms with Crippen LogP contribution in [0.5, 0.6) is 0 Å². The molecule has 0 aromatic heterocycles. The molecule has 0 saturated heterocycles. The summed E-state index contributed by atoms with van der Waals surface area (Å²) < 4.78 is 129. The Morgan fingerprint density at radius 1 is 0.327 bits per heavy atom. The summed E-state index contributed by atoms with van der Waals surface area (Å²) in [5.74, 6) is -5.52. The van der Waals surface area contributed by atoms with E-state index in [0.29, 0.717) is 0 Å². The molecule has 0 aliphatic rings. The van der Waals surface area contributed by atoms with Crippen molar-refractivity contribution in [1.29, 1.82) is 0 Å². The summed E-state index contributed by atoms with van der Waals surface area (Å²) in [4.78, 5) is 0. The van der Waals surface area contributed by atoms with Crippen LogP contribution in [0.2, 0.25) is 0 Å². The molecule has 0 bridgehead atoms. The number of hydrogen-bond donors (Lipinski definition) is 0. The monoisotopic (exact) mass is 854 g/mol. The van der Waals surface area contributed by atoms with Crippen molar-refractivity contribution in [2.45, 2.75) is 132 Å². The van der Waals surface area contributed by atoms with Gasteiger partial charge in [0.15, 0.2) is 0 Å². The molecule has 0 aliphatic carbocycles. The fourth-order valence-electron chi connectivity index (χ4n) is 4.57. The van der Waals surface area contributed by atoms with Crippen LogP contribution in [0.4, 0.5) is 0 Å². The van der Waals surface area contributed by atoms with Crippen LogP contribution in [0.15, 0.2) is 0 Å². The average molecular weight is 853 g/mol. The second kappa shape index (κ2) is 25.1. The first kappa shape index (κ1) is 50.0. The maximum absolute atomic E-state index is 14.3. The Kier molecular flexibility index (Phi) is 25.6. The molecule has 0 aromatic rings. The van der Waals surface area contributed by atoms with Crippen molar-refractivity contribution in [2.75, 3.05) is 52.9 Å². The molecule has 0 heterocycles. The second-order valence-electron chi connectivity index (χ2n) is 9.92. The van der Waals surface area contributed by atoms with Crippen LogP contribution < -0.4 is 0 Å². The minimum atomic E-state index is -5.90. The molecule has 49 heavy (non-hydrogen) atoms. The molecular weight excluding hydrogens is 789 g/mol. The molecule has 0 saturated carbocycles. The standard InChI is InChI=1S/C28H64GeO16P4/c1-13-25(46(30,34-17-5)35-18-6)42-29(43-26(14-2)47(31,36-19-7)37-20-8,44-27(15-3)48(32,38-21-9)39-22-10)45-28(16-4)49(33,40-23-11)41-24-12/h25-28H,13-24H2,1-12H3. The van der Waals surface area contributed by atoms with Crippen LogP contribution in [0.25, 0.3) is 0 Å². The van der Waals surface area contributed by atoms with Crippen LogP contribution in [0.1, 0.15) is 109 Å². The normalized spacial score (nSPS) is 17.1. The van der Waals surface area contributed by atoms with E-state index in [0.717, 1.165) is 0 Å². The van der Waals surface area contributed by atoms with Gasteiger partial charge in [0.25, 0.3) is 0 Å².